The van der Waals surface area contributed by atoms with Gasteiger partial charge in [-0.05, 0) is 61.0 Å². The lowest BCUT2D eigenvalue weighted by molar-refractivity contribution is 0.797. The van der Waals surface area contributed by atoms with E-state index in [9.17, 15) is 0 Å². The van der Waals surface area contributed by atoms with Crippen LogP contribution in [0.3, 0.4) is 0 Å². The summed E-state index contributed by atoms with van der Waals surface area (Å²) < 4.78 is 0. The van der Waals surface area contributed by atoms with Gasteiger partial charge in [0.05, 0.1) is 0 Å². The standard InChI is InChI=1S/C24H20/c1-15(2)18-13-12-17-8-5-10-20-19-9-3-6-16-7-4-11-21(23(16)19)22(14-18)24(17)20/h3-11,13-15H,12H2,1-2H3. The molecule has 116 valence electrons. The molecule has 0 nitrogen and oxygen atoms in total. The van der Waals surface area contributed by atoms with Gasteiger partial charge in [-0.15, -0.1) is 0 Å². The Hall–Kier alpha value is -2.60. The zero-order valence-electron chi connectivity index (χ0n) is 14.1. The number of fused-ring (bicyclic) bond motifs is 2. The molecule has 0 aliphatic heterocycles. The van der Waals surface area contributed by atoms with Gasteiger partial charge in [0.25, 0.3) is 0 Å². The largest absolute Gasteiger partial charge is 0.0766 e. The predicted molar refractivity (Wildman–Crippen MR) is 105 cm³/mol. The van der Waals surface area contributed by atoms with E-state index in [1.54, 1.807) is 0 Å². The van der Waals surface area contributed by atoms with E-state index < -0.39 is 0 Å². The molecule has 0 fully saturated rings. The molecular weight excluding hydrogens is 288 g/mol. The van der Waals surface area contributed by atoms with Gasteiger partial charge >= 0.3 is 0 Å². The van der Waals surface area contributed by atoms with Crippen LogP contribution in [-0.2, 0) is 6.42 Å². The fraction of sp³-hybridized carbons (Fsp3) is 0.167. The summed E-state index contributed by atoms with van der Waals surface area (Å²) in [5.74, 6) is 0.548. The van der Waals surface area contributed by atoms with Crippen molar-refractivity contribution in [1.82, 2.24) is 0 Å². The highest BCUT2D eigenvalue weighted by Crippen LogP contribution is 2.33. The minimum Gasteiger partial charge on any atom is -0.0766 e. The number of rotatable bonds is 1. The van der Waals surface area contributed by atoms with Crippen LogP contribution in [0.15, 0.2) is 66.2 Å². The van der Waals surface area contributed by atoms with Gasteiger partial charge in [0.2, 0.25) is 0 Å². The second kappa shape index (κ2) is 4.95. The maximum Gasteiger partial charge on any atom is -0.00264 e. The fourth-order valence-corrected chi connectivity index (χ4v) is 4.24. The summed E-state index contributed by atoms with van der Waals surface area (Å²) in [6.45, 7) is 4.58. The summed E-state index contributed by atoms with van der Waals surface area (Å²) in [5.41, 5.74) is 2.89. The van der Waals surface area contributed by atoms with Gasteiger partial charge in [-0.2, -0.15) is 0 Å². The number of allylic oxidation sites excluding steroid dienone is 2. The Labute approximate surface area is 142 Å². The molecule has 4 aromatic rings. The molecule has 0 aromatic heterocycles. The van der Waals surface area contributed by atoms with Gasteiger partial charge in [-0.1, -0.05) is 80.6 Å². The molecular formula is C24H20. The van der Waals surface area contributed by atoms with E-state index in [-0.39, 0.29) is 0 Å². The van der Waals surface area contributed by atoms with E-state index >= 15 is 0 Å². The Bertz CT molecular complexity index is 1180. The predicted octanol–water partition coefficient (Wildman–Crippen LogP) is 5.78. The van der Waals surface area contributed by atoms with Crippen LogP contribution < -0.4 is 5.22 Å². The first kappa shape index (κ1) is 13.8. The maximum atomic E-state index is 2.44. The average molecular weight is 308 g/mol. The Morgan fingerprint density at radius 1 is 0.750 bits per heavy atom. The lowest BCUT2D eigenvalue weighted by Crippen LogP contribution is -2.08. The molecule has 0 radical (unpaired) electrons. The van der Waals surface area contributed by atoms with Crippen LogP contribution in [0.25, 0.3) is 38.4 Å². The van der Waals surface area contributed by atoms with E-state index in [4.69, 9.17) is 0 Å². The van der Waals surface area contributed by atoms with Crippen LogP contribution in [0, 0.1) is 5.92 Å². The molecule has 4 aromatic carbocycles. The van der Waals surface area contributed by atoms with Crippen LogP contribution in [0.4, 0.5) is 0 Å². The lowest BCUT2D eigenvalue weighted by atomic mass is 9.90. The van der Waals surface area contributed by atoms with Crippen molar-refractivity contribution in [2.24, 2.45) is 5.92 Å². The molecule has 0 heterocycles. The summed E-state index contributed by atoms with van der Waals surface area (Å²) >= 11 is 0. The van der Waals surface area contributed by atoms with E-state index in [0.717, 1.165) is 6.42 Å². The quantitative estimate of drug-likeness (QED) is 0.309. The molecule has 5 rings (SSSR count). The first-order chi connectivity index (χ1) is 11.7. The highest BCUT2D eigenvalue weighted by molar-refractivity contribution is 6.22. The van der Waals surface area contributed by atoms with Gasteiger partial charge in [0.15, 0.2) is 0 Å². The fourth-order valence-electron chi connectivity index (χ4n) is 4.24. The first-order valence-corrected chi connectivity index (χ1v) is 8.80. The van der Waals surface area contributed by atoms with E-state index in [2.05, 4.69) is 80.6 Å². The minimum atomic E-state index is 0.548. The second-order valence-electron chi connectivity index (χ2n) is 7.17. The smallest absolute Gasteiger partial charge is 0.00264 e. The molecule has 24 heavy (non-hydrogen) atoms. The van der Waals surface area contributed by atoms with Crippen molar-refractivity contribution in [3.63, 3.8) is 0 Å². The Balaban J connectivity index is 2.14. The van der Waals surface area contributed by atoms with E-state index in [1.807, 2.05) is 0 Å². The third-order valence-electron chi connectivity index (χ3n) is 5.44. The molecule has 0 atom stereocenters. The van der Waals surface area contributed by atoms with Crippen molar-refractivity contribution in [1.29, 1.82) is 0 Å². The topological polar surface area (TPSA) is 0 Å². The Morgan fingerprint density at radius 2 is 1.42 bits per heavy atom. The van der Waals surface area contributed by atoms with Crippen molar-refractivity contribution in [2.45, 2.75) is 20.3 Å². The van der Waals surface area contributed by atoms with Crippen LogP contribution in [0.2, 0.25) is 0 Å². The normalized spacial score (nSPS) is 14.2. The van der Waals surface area contributed by atoms with Gasteiger partial charge in [0, 0.05) is 0 Å². The molecule has 0 amide bonds. The molecule has 0 N–H and O–H groups in total. The third-order valence-corrected chi connectivity index (χ3v) is 5.44. The third kappa shape index (κ3) is 1.80. The van der Waals surface area contributed by atoms with Crippen LogP contribution >= 0.6 is 0 Å². The highest BCUT2D eigenvalue weighted by atomic mass is 14.2. The van der Waals surface area contributed by atoms with Crippen molar-refractivity contribution in [3.8, 4) is 0 Å². The molecule has 0 bridgehead atoms. The molecule has 0 saturated carbocycles. The van der Waals surface area contributed by atoms with Gasteiger partial charge in [0.1, 0.15) is 0 Å². The average Bonchev–Trinajstić information content (AvgIpc) is 2.80. The maximum absolute atomic E-state index is 2.44. The van der Waals surface area contributed by atoms with Gasteiger partial charge in [-0.3, -0.25) is 0 Å². The number of benzene rings is 4. The highest BCUT2D eigenvalue weighted by Gasteiger charge is 2.14. The lowest BCUT2D eigenvalue weighted by Gasteiger charge is -2.13. The number of hydrogen-bond acceptors (Lipinski definition) is 0. The molecule has 0 spiro atoms. The second-order valence-corrected chi connectivity index (χ2v) is 7.17. The van der Waals surface area contributed by atoms with Crippen molar-refractivity contribution in [2.75, 3.05) is 0 Å². The zero-order chi connectivity index (χ0) is 16.3. The van der Waals surface area contributed by atoms with Crippen LogP contribution in [0.1, 0.15) is 19.4 Å². The molecule has 1 aliphatic rings. The summed E-state index contributed by atoms with van der Waals surface area (Å²) in [6, 6.07) is 20.2. The summed E-state index contributed by atoms with van der Waals surface area (Å²) in [5, 5.41) is 9.74. The monoisotopic (exact) mass is 308 g/mol. The summed E-state index contributed by atoms with van der Waals surface area (Å²) in [4.78, 5) is 0. The Morgan fingerprint density at radius 3 is 2.17 bits per heavy atom. The Kier molecular flexibility index (Phi) is 2.84. The molecule has 0 unspecified atom stereocenters. The number of hydrogen-bond donors (Lipinski definition) is 0. The van der Waals surface area contributed by atoms with Crippen molar-refractivity contribution >= 4 is 38.4 Å². The van der Waals surface area contributed by atoms with Gasteiger partial charge in [-0.25, -0.2) is 0 Å². The molecule has 1 aliphatic carbocycles. The zero-order valence-corrected chi connectivity index (χ0v) is 14.1. The van der Waals surface area contributed by atoms with E-state index in [0.29, 0.717) is 5.92 Å². The SMILES string of the molecule is CC(C)C1=CCc2cccc3c2c(c2cccc4cccc3c42)=C1. The minimum absolute atomic E-state index is 0.548. The van der Waals surface area contributed by atoms with Crippen molar-refractivity contribution < 1.29 is 0 Å². The summed E-state index contributed by atoms with van der Waals surface area (Å²) in [6.07, 6.45) is 5.87. The van der Waals surface area contributed by atoms with Crippen molar-refractivity contribution in [3.05, 3.63) is 77.0 Å². The van der Waals surface area contributed by atoms with Gasteiger partial charge < -0.3 is 0 Å². The first-order valence-electron chi connectivity index (χ1n) is 8.80. The molecule has 0 saturated heterocycles. The van der Waals surface area contributed by atoms with Crippen LogP contribution in [-0.4, -0.2) is 0 Å². The molecule has 0 heteroatoms. The summed E-state index contributed by atoms with van der Waals surface area (Å²) in [7, 11) is 0. The van der Waals surface area contributed by atoms with E-state index in [1.165, 1.54) is 48.7 Å². The van der Waals surface area contributed by atoms with Crippen LogP contribution in [0.5, 0.6) is 0 Å².